The summed E-state index contributed by atoms with van der Waals surface area (Å²) in [5.74, 6) is 0. The molecule has 0 aliphatic carbocycles. The van der Waals surface area contributed by atoms with Crippen LogP contribution in [0.25, 0.3) is 0 Å². The van der Waals surface area contributed by atoms with Crippen molar-refractivity contribution in [1.82, 2.24) is 15.3 Å². The molecule has 1 aromatic heterocycles. The third-order valence-electron chi connectivity index (χ3n) is 2.90. The standard InChI is InChI=1S/C15H16N4O/c1-11-7-19-14(9-18-11)8-17-10-15(20)13-4-2-12(6-16)3-5-13/h2-5,7,9,15,17,20H,8,10H2,1H3. The van der Waals surface area contributed by atoms with E-state index in [4.69, 9.17) is 5.26 Å². The topological polar surface area (TPSA) is 81.8 Å². The highest BCUT2D eigenvalue weighted by Gasteiger charge is 2.07. The van der Waals surface area contributed by atoms with Gasteiger partial charge < -0.3 is 10.4 Å². The Bertz CT molecular complexity index is 587. The second kappa shape index (κ2) is 6.75. The van der Waals surface area contributed by atoms with Crippen LogP contribution in [0.2, 0.25) is 0 Å². The summed E-state index contributed by atoms with van der Waals surface area (Å²) >= 11 is 0. The molecular weight excluding hydrogens is 252 g/mol. The van der Waals surface area contributed by atoms with Gasteiger partial charge in [-0.15, -0.1) is 0 Å². The summed E-state index contributed by atoms with van der Waals surface area (Å²) in [4.78, 5) is 8.39. The largest absolute Gasteiger partial charge is 0.387 e. The summed E-state index contributed by atoms with van der Waals surface area (Å²) in [6, 6.07) is 8.97. The lowest BCUT2D eigenvalue weighted by Crippen LogP contribution is -2.21. The fourth-order valence-corrected chi connectivity index (χ4v) is 1.75. The zero-order valence-corrected chi connectivity index (χ0v) is 11.2. The Kier molecular flexibility index (Phi) is 4.77. The predicted octanol–water partition coefficient (Wildman–Crippen LogP) is 1.48. The number of aliphatic hydroxyl groups excluding tert-OH is 1. The molecule has 0 fully saturated rings. The quantitative estimate of drug-likeness (QED) is 0.858. The Labute approximate surface area is 117 Å². The van der Waals surface area contributed by atoms with Crippen molar-refractivity contribution >= 4 is 0 Å². The van der Waals surface area contributed by atoms with Crippen LogP contribution in [0, 0.1) is 18.3 Å². The smallest absolute Gasteiger partial charge is 0.0991 e. The number of nitrogens with one attached hydrogen (secondary N) is 1. The minimum atomic E-state index is -0.610. The Hall–Kier alpha value is -2.29. The molecule has 2 rings (SSSR count). The van der Waals surface area contributed by atoms with Crippen LogP contribution >= 0.6 is 0 Å². The number of benzene rings is 1. The molecule has 0 aliphatic heterocycles. The van der Waals surface area contributed by atoms with Gasteiger partial charge in [-0.1, -0.05) is 12.1 Å². The number of rotatable bonds is 5. The molecule has 20 heavy (non-hydrogen) atoms. The summed E-state index contributed by atoms with van der Waals surface area (Å²) in [6.45, 7) is 2.86. The number of nitriles is 1. The van der Waals surface area contributed by atoms with Crippen molar-refractivity contribution in [2.24, 2.45) is 0 Å². The molecule has 102 valence electrons. The van der Waals surface area contributed by atoms with E-state index in [1.54, 1.807) is 36.7 Å². The number of nitrogens with zero attached hydrogens (tertiary/aromatic N) is 3. The average Bonchev–Trinajstić information content (AvgIpc) is 2.49. The fourth-order valence-electron chi connectivity index (χ4n) is 1.75. The summed E-state index contributed by atoms with van der Waals surface area (Å²) < 4.78 is 0. The molecule has 0 radical (unpaired) electrons. The van der Waals surface area contributed by atoms with Crippen LogP contribution < -0.4 is 5.32 Å². The molecule has 0 aliphatic rings. The highest BCUT2D eigenvalue weighted by atomic mass is 16.3. The van der Waals surface area contributed by atoms with Crippen LogP contribution in [0.5, 0.6) is 0 Å². The van der Waals surface area contributed by atoms with E-state index in [9.17, 15) is 5.11 Å². The normalized spacial score (nSPS) is 11.8. The Morgan fingerprint density at radius 3 is 2.60 bits per heavy atom. The molecule has 2 N–H and O–H groups in total. The molecule has 0 spiro atoms. The van der Waals surface area contributed by atoms with Gasteiger partial charge in [-0.05, 0) is 24.6 Å². The van der Waals surface area contributed by atoms with Crippen LogP contribution in [0.15, 0.2) is 36.7 Å². The van der Waals surface area contributed by atoms with Gasteiger partial charge in [0.25, 0.3) is 0 Å². The predicted molar refractivity (Wildman–Crippen MR) is 74.6 cm³/mol. The van der Waals surface area contributed by atoms with Crippen molar-refractivity contribution in [3.8, 4) is 6.07 Å². The van der Waals surface area contributed by atoms with Gasteiger partial charge in [0.15, 0.2) is 0 Å². The highest BCUT2D eigenvalue weighted by molar-refractivity contribution is 5.32. The number of hydrogen-bond acceptors (Lipinski definition) is 5. The van der Waals surface area contributed by atoms with Crippen molar-refractivity contribution in [3.63, 3.8) is 0 Å². The van der Waals surface area contributed by atoms with E-state index < -0.39 is 6.10 Å². The molecule has 1 heterocycles. The highest BCUT2D eigenvalue weighted by Crippen LogP contribution is 2.12. The van der Waals surface area contributed by atoms with E-state index >= 15 is 0 Å². The third kappa shape index (κ3) is 3.85. The molecule has 1 aromatic carbocycles. The molecule has 0 bridgehead atoms. The molecular formula is C15H16N4O. The SMILES string of the molecule is Cc1cnc(CNCC(O)c2ccc(C#N)cc2)cn1. The molecule has 0 saturated carbocycles. The molecule has 0 saturated heterocycles. The second-order valence-corrected chi connectivity index (χ2v) is 4.53. The molecule has 1 atom stereocenters. The van der Waals surface area contributed by atoms with Crippen molar-refractivity contribution in [1.29, 1.82) is 5.26 Å². The zero-order valence-electron chi connectivity index (χ0n) is 11.2. The van der Waals surface area contributed by atoms with Crippen molar-refractivity contribution in [2.75, 3.05) is 6.54 Å². The minimum absolute atomic E-state index is 0.418. The summed E-state index contributed by atoms with van der Waals surface area (Å²) in [5, 5.41) is 21.9. The first-order valence-electron chi connectivity index (χ1n) is 6.35. The van der Waals surface area contributed by atoms with Crippen LogP contribution in [0.1, 0.15) is 28.6 Å². The van der Waals surface area contributed by atoms with Gasteiger partial charge in [0, 0.05) is 25.5 Å². The number of aryl methyl sites for hydroxylation is 1. The maximum absolute atomic E-state index is 10.0. The van der Waals surface area contributed by atoms with E-state index in [0.717, 1.165) is 17.0 Å². The lowest BCUT2D eigenvalue weighted by molar-refractivity contribution is 0.174. The van der Waals surface area contributed by atoms with E-state index in [1.807, 2.05) is 13.0 Å². The van der Waals surface area contributed by atoms with Crippen LogP contribution in [-0.4, -0.2) is 21.6 Å². The Morgan fingerprint density at radius 1 is 1.25 bits per heavy atom. The van der Waals surface area contributed by atoms with Gasteiger partial charge in [-0.3, -0.25) is 9.97 Å². The molecule has 5 heteroatoms. The van der Waals surface area contributed by atoms with Crippen LogP contribution in [-0.2, 0) is 6.54 Å². The van der Waals surface area contributed by atoms with Crippen molar-refractivity contribution < 1.29 is 5.11 Å². The molecule has 2 aromatic rings. The van der Waals surface area contributed by atoms with Gasteiger partial charge in [-0.25, -0.2) is 0 Å². The van der Waals surface area contributed by atoms with Gasteiger partial charge in [0.1, 0.15) is 0 Å². The van der Waals surface area contributed by atoms with Crippen LogP contribution in [0.3, 0.4) is 0 Å². The number of hydrogen-bond donors (Lipinski definition) is 2. The maximum Gasteiger partial charge on any atom is 0.0991 e. The van der Waals surface area contributed by atoms with E-state index in [-0.39, 0.29) is 0 Å². The van der Waals surface area contributed by atoms with Gasteiger partial charge in [0.2, 0.25) is 0 Å². The maximum atomic E-state index is 10.0. The number of aliphatic hydroxyl groups is 1. The van der Waals surface area contributed by atoms with E-state index in [2.05, 4.69) is 15.3 Å². The average molecular weight is 268 g/mol. The lowest BCUT2D eigenvalue weighted by atomic mass is 10.1. The first-order chi connectivity index (χ1) is 9.69. The molecule has 5 nitrogen and oxygen atoms in total. The zero-order chi connectivity index (χ0) is 14.4. The fraction of sp³-hybridized carbons (Fsp3) is 0.267. The van der Waals surface area contributed by atoms with Gasteiger partial charge in [-0.2, -0.15) is 5.26 Å². The first kappa shape index (κ1) is 14.1. The monoisotopic (exact) mass is 268 g/mol. The van der Waals surface area contributed by atoms with Crippen molar-refractivity contribution in [3.05, 3.63) is 59.2 Å². The minimum Gasteiger partial charge on any atom is -0.387 e. The number of aromatic nitrogens is 2. The summed E-state index contributed by atoms with van der Waals surface area (Å²) in [6.07, 6.45) is 2.82. The van der Waals surface area contributed by atoms with Crippen molar-refractivity contribution in [2.45, 2.75) is 19.6 Å². The second-order valence-electron chi connectivity index (χ2n) is 4.53. The van der Waals surface area contributed by atoms with Gasteiger partial charge in [0.05, 0.1) is 29.1 Å². The Morgan fingerprint density at radius 2 is 2.00 bits per heavy atom. The third-order valence-corrected chi connectivity index (χ3v) is 2.90. The lowest BCUT2D eigenvalue weighted by Gasteiger charge is -2.12. The van der Waals surface area contributed by atoms with Gasteiger partial charge >= 0.3 is 0 Å². The molecule has 0 amide bonds. The van der Waals surface area contributed by atoms with E-state index in [0.29, 0.717) is 18.7 Å². The summed E-state index contributed by atoms with van der Waals surface area (Å²) in [7, 11) is 0. The Balaban J connectivity index is 1.84. The van der Waals surface area contributed by atoms with E-state index in [1.165, 1.54) is 0 Å². The first-order valence-corrected chi connectivity index (χ1v) is 6.35. The van der Waals surface area contributed by atoms with Crippen LogP contribution in [0.4, 0.5) is 0 Å². The molecule has 1 unspecified atom stereocenters. The summed E-state index contributed by atoms with van der Waals surface area (Å²) in [5.41, 5.74) is 3.09.